The summed E-state index contributed by atoms with van der Waals surface area (Å²) in [6.07, 6.45) is 1.69. The molecule has 0 bridgehead atoms. The largest absolute Gasteiger partial charge is 0.347 e. The molecule has 0 saturated carbocycles. The lowest BCUT2D eigenvalue weighted by Crippen LogP contribution is -2.58. The number of hydrogen-bond donors (Lipinski definition) is 2. The Kier molecular flexibility index (Phi) is 2.14. The number of pyridine rings is 1. The predicted octanol–water partition coefficient (Wildman–Crippen LogP) is 1.61. The van der Waals surface area contributed by atoms with Crippen LogP contribution >= 0.6 is 0 Å². The smallest absolute Gasteiger partial charge is 0.256 e. The third-order valence-electron chi connectivity index (χ3n) is 2.96. The maximum atomic E-state index is 11.8. The number of fused-ring (bicyclic) bond motifs is 1. The van der Waals surface area contributed by atoms with Gasteiger partial charge in [-0.25, -0.2) is 4.98 Å². The summed E-state index contributed by atoms with van der Waals surface area (Å²) < 4.78 is 0. The van der Waals surface area contributed by atoms with Crippen LogP contribution in [0.25, 0.3) is 0 Å². The van der Waals surface area contributed by atoms with Crippen molar-refractivity contribution in [3.8, 4) is 0 Å². The van der Waals surface area contributed by atoms with E-state index in [1.54, 1.807) is 18.3 Å². The Morgan fingerprint density at radius 2 is 2.13 bits per heavy atom. The van der Waals surface area contributed by atoms with Crippen molar-refractivity contribution in [3.63, 3.8) is 0 Å². The summed E-state index contributed by atoms with van der Waals surface area (Å²) in [5, 5.41) is 6.22. The van der Waals surface area contributed by atoms with Crippen molar-refractivity contribution in [3.05, 3.63) is 23.9 Å². The molecule has 0 spiro atoms. The first-order valence-corrected chi connectivity index (χ1v) is 5.08. The fourth-order valence-corrected chi connectivity index (χ4v) is 1.56. The highest BCUT2D eigenvalue weighted by Crippen LogP contribution is 2.26. The molecule has 80 valence electrons. The van der Waals surface area contributed by atoms with Gasteiger partial charge in [0.1, 0.15) is 11.5 Å². The minimum Gasteiger partial charge on any atom is -0.347 e. The van der Waals surface area contributed by atoms with Crippen LogP contribution in [0.2, 0.25) is 0 Å². The minimum atomic E-state index is -0.418. The van der Waals surface area contributed by atoms with E-state index in [0.29, 0.717) is 11.4 Å². The summed E-state index contributed by atoms with van der Waals surface area (Å²) in [5.41, 5.74) is 0.189. The van der Waals surface area contributed by atoms with Crippen LogP contribution in [0.3, 0.4) is 0 Å². The Labute approximate surface area is 89.1 Å². The third kappa shape index (κ3) is 1.56. The second kappa shape index (κ2) is 3.22. The third-order valence-corrected chi connectivity index (χ3v) is 2.96. The molecule has 0 radical (unpaired) electrons. The Bertz CT molecular complexity index is 403. The summed E-state index contributed by atoms with van der Waals surface area (Å²) in [4.78, 5) is 16.0. The molecule has 2 N–H and O–H groups in total. The normalized spacial score (nSPS) is 24.4. The molecule has 1 atom stereocenters. The van der Waals surface area contributed by atoms with E-state index < -0.39 is 5.66 Å². The molecule has 1 aliphatic rings. The van der Waals surface area contributed by atoms with Crippen LogP contribution in [0.15, 0.2) is 18.3 Å². The number of nitrogens with one attached hydrogen (secondary N) is 2. The van der Waals surface area contributed by atoms with Crippen molar-refractivity contribution in [1.82, 2.24) is 10.3 Å². The second-order valence-corrected chi connectivity index (χ2v) is 4.34. The molecule has 1 aromatic heterocycles. The number of carbonyl (C=O) groups is 1. The van der Waals surface area contributed by atoms with Crippen molar-refractivity contribution in [2.75, 3.05) is 5.32 Å². The van der Waals surface area contributed by atoms with Crippen molar-refractivity contribution in [1.29, 1.82) is 0 Å². The SMILES string of the molecule is CC(C)C1(C)NC(=O)c2cccnc2N1. The molecular formula is C11H15N3O. The Morgan fingerprint density at radius 3 is 2.80 bits per heavy atom. The van der Waals surface area contributed by atoms with Crippen molar-refractivity contribution >= 4 is 11.7 Å². The quantitative estimate of drug-likeness (QED) is 0.732. The van der Waals surface area contributed by atoms with Crippen LogP contribution in [0.5, 0.6) is 0 Å². The van der Waals surface area contributed by atoms with Crippen LogP contribution in [0.4, 0.5) is 5.82 Å². The van der Waals surface area contributed by atoms with E-state index in [1.807, 2.05) is 6.92 Å². The maximum Gasteiger partial charge on any atom is 0.256 e. The molecule has 4 heteroatoms. The van der Waals surface area contributed by atoms with E-state index in [1.165, 1.54) is 0 Å². The fourth-order valence-electron chi connectivity index (χ4n) is 1.56. The van der Waals surface area contributed by atoms with Gasteiger partial charge in [0.2, 0.25) is 0 Å². The predicted molar refractivity (Wildman–Crippen MR) is 58.6 cm³/mol. The molecule has 0 saturated heterocycles. The molecule has 2 heterocycles. The number of hydrogen-bond acceptors (Lipinski definition) is 3. The van der Waals surface area contributed by atoms with Gasteiger partial charge in [0.05, 0.1) is 5.56 Å². The molecule has 0 fully saturated rings. The number of anilines is 1. The van der Waals surface area contributed by atoms with E-state index >= 15 is 0 Å². The van der Waals surface area contributed by atoms with Gasteiger partial charge in [0, 0.05) is 6.20 Å². The zero-order valence-electron chi connectivity index (χ0n) is 9.16. The van der Waals surface area contributed by atoms with Gasteiger partial charge < -0.3 is 10.6 Å². The first-order valence-electron chi connectivity index (χ1n) is 5.08. The average molecular weight is 205 g/mol. The number of carbonyl (C=O) groups excluding carboxylic acids is 1. The van der Waals surface area contributed by atoms with Crippen molar-refractivity contribution < 1.29 is 4.79 Å². The van der Waals surface area contributed by atoms with Crippen LogP contribution < -0.4 is 10.6 Å². The second-order valence-electron chi connectivity index (χ2n) is 4.34. The van der Waals surface area contributed by atoms with E-state index in [2.05, 4.69) is 29.5 Å². The minimum absolute atomic E-state index is 0.0620. The van der Waals surface area contributed by atoms with Crippen LogP contribution in [-0.4, -0.2) is 16.6 Å². The number of amides is 1. The van der Waals surface area contributed by atoms with Gasteiger partial charge >= 0.3 is 0 Å². The fraction of sp³-hybridized carbons (Fsp3) is 0.455. The standard InChI is InChI=1S/C11H15N3O/c1-7(2)11(3)13-9-8(10(15)14-11)5-4-6-12-9/h4-7H,1-3H3,(H,12,13)(H,14,15). The van der Waals surface area contributed by atoms with Crippen LogP contribution in [0.1, 0.15) is 31.1 Å². The molecular weight excluding hydrogens is 190 g/mol. The highest BCUT2D eigenvalue weighted by molar-refractivity contribution is 6.01. The van der Waals surface area contributed by atoms with Gasteiger partial charge in [-0.05, 0) is 25.0 Å². The molecule has 15 heavy (non-hydrogen) atoms. The molecule has 4 nitrogen and oxygen atoms in total. The number of rotatable bonds is 1. The van der Waals surface area contributed by atoms with Gasteiger partial charge in [-0.3, -0.25) is 4.79 Å². The summed E-state index contributed by atoms with van der Waals surface area (Å²) in [6, 6.07) is 3.53. The van der Waals surface area contributed by atoms with Gasteiger partial charge in [0.25, 0.3) is 5.91 Å². The molecule has 1 unspecified atom stereocenters. The lowest BCUT2D eigenvalue weighted by atomic mass is 9.95. The van der Waals surface area contributed by atoms with Crippen molar-refractivity contribution in [2.24, 2.45) is 5.92 Å². The highest BCUT2D eigenvalue weighted by Gasteiger charge is 2.36. The zero-order chi connectivity index (χ0) is 11.1. The van der Waals surface area contributed by atoms with E-state index in [-0.39, 0.29) is 11.8 Å². The van der Waals surface area contributed by atoms with Crippen LogP contribution in [-0.2, 0) is 0 Å². The van der Waals surface area contributed by atoms with E-state index in [9.17, 15) is 4.79 Å². The summed E-state index contributed by atoms with van der Waals surface area (Å²) in [6.45, 7) is 6.08. The monoisotopic (exact) mass is 205 g/mol. The first-order chi connectivity index (χ1) is 7.03. The van der Waals surface area contributed by atoms with Crippen molar-refractivity contribution in [2.45, 2.75) is 26.4 Å². The maximum absolute atomic E-state index is 11.8. The van der Waals surface area contributed by atoms with Gasteiger partial charge in [-0.15, -0.1) is 0 Å². The number of aromatic nitrogens is 1. The molecule has 0 aliphatic carbocycles. The highest BCUT2D eigenvalue weighted by atomic mass is 16.2. The Balaban J connectivity index is 2.42. The molecule has 1 amide bonds. The molecule has 0 aromatic carbocycles. The lowest BCUT2D eigenvalue weighted by molar-refractivity contribution is 0.0883. The lowest BCUT2D eigenvalue weighted by Gasteiger charge is -2.39. The number of nitrogens with zero attached hydrogens (tertiary/aromatic N) is 1. The van der Waals surface area contributed by atoms with Gasteiger partial charge in [0.15, 0.2) is 0 Å². The Hall–Kier alpha value is -1.58. The Morgan fingerprint density at radius 1 is 1.40 bits per heavy atom. The van der Waals surface area contributed by atoms with E-state index in [0.717, 1.165) is 0 Å². The van der Waals surface area contributed by atoms with Gasteiger partial charge in [-0.1, -0.05) is 13.8 Å². The summed E-state index contributed by atoms with van der Waals surface area (Å²) in [5.74, 6) is 0.891. The van der Waals surface area contributed by atoms with E-state index in [4.69, 9.17) is 0 Å². The molecule has 1 aliphatic heterocycles. The first kappa shape index (κ1) is 9.96. The summed E-state index contributed by atoms with van der Waals surface area (Å²) >= 11 is 0. The molecule has 2 rings (SSSR count). The van der Waals surface area contributed by atoms with Crippen LogP contribution in [0, 0.1) is 5.92 Å². The van der Waals surface area contributed by atoms with Gasteiger partial charge in [-0.2, -0.15) is 0 Å². The topological polar surface area (TPSA) is 54.0 Å². The summed E-state index contributed by atoms with van der Waals surface area (Å²) in [7, 11) is 0. The molecule has 1 aromatic rings. The zero-order valence-corrected chi connectivity index (χ0v) is 9.16. The average Bonchev–Trinajstić information content (AvgIpc) is 2.17.